The standard InChI is InChI=1S/C22H26N2O4S/c1-15(2)13-28-21(25)19-14-29-20(16-7-5-4-6-8-16)24(19)22(26)23-17-9-11-18(27-3)12-10-17/h4-12,15,19-20H,13-14H2,1-3H3,(H,23,26)/t19-,20-/m1/s1. The van der Waals surface area contributed by atoms with Gasteiger partial charge < -0.3 is 14.8 Å². The number of esters is 1. The summed E-state index contributed by atoms with van der Waals surface area (Å²) >= 11 is 1.56. The number of rotatable bonds is 6. The minimum absolute atomic E-state index is 0.236. The number of hydrogen-bond acceptors (Lipinski definition) is 5. The van der Waals surface area contributed by atoms with Gasteiger partial charge >= 0.3 is 12.0 Å². The van der Waals surface area contributed by atoms with Gasteiger partial charge in [-0.05, 0) is 35.7 Å². The number of carbonyl (C=O) groups excluding carboxylic acids is 2. The fourth-order valence-electron chi connectivity index (χ4n) is 3.02. The number of ether oxygens (including phenoxy) is 2. The number of amides is 2. The molecule has 1 aliphatic rings. The van der Waals surface area contributed by atoms with Gasteiger partial charge in [-0.3, -0.25) is 4.90 Å². The fraction of sp³-hybridized carbons (Fsp3) is 0.364. The maximum Gasteiger partial charge on any atom is 0.329 e. The van der Waals surface area contributed by atoms with Crippen molar-refractivity contribution in [2.24, 2.45) is 5.92 Å². The zero-order valence-corrected chi connectivity index (χ0v) is 17.6. The molecule has 0 bridgehead atoms. The van der Waals surface area contributed by atoms with E-state index >= 15 is 0 Å². The smallest absolute Gasteiger partial charge is 0.329 e. The van der Waals surface area contributed by atoms with Gasteiger partial charge in [-0.25, -0.2) is 9.59 Å². The Morgan fingerprint density at radius 1 is 1.14 bits per heavy atom. The van der Waals surface area contributed by atoms with E-state index in [-0.39, 0.29) is 23.3 Å². The Morgan fingerprint density at radius 3 is 2.45 bits per heavy atom. The average Bonchev–Trinajstić information content (AvgIpc) is 3.18. The van der Waals surface area contributed by atoms with Crippen LogP contribution in [0.15, 0.2) is 54.6 Å². The molecule has 2 aromatic rings. The highest BCUT2D eigenvalue weighted by Gasteiger charge is 2.43. The number of hydrogen-bond donors (Lipinski definition) is 1. The van der Waals surface area contributed by atoms with Gasteiger partial charge in [-0.15, -0.1) is 11.8 Å². The molecule has 29 heavy (non-hydrogen) atoms. The predicted octanol–water partition coefficient (Wildman–Crippen LogP) is 4.54. The monoisotopic (exact) mass is 414 g/mol. The fourth-order valence-corrected chi connectivity index (χ4v) is 4.43. The third-order valence-electron chi connectivity index (χ3n) is 4.49. The molecule has 3 rings (SSSR count). The molecule has 1 N–H and O–H groups in total. The van der Waals surface area contributed by atoms with Crippen molar-refractivity contribution in [3.63, 3.8) is 0 Å². The van der Waals surface area contributed by atoms with E-state index in [2.05, 4.69) is 5.32 Å². The third-order valence-corrected chi connectivity index (χ3v) is 5.82. The van der Waals surface area contributed by atoms with Gasteiger partial charge in [-0.2, -0.15) is 0 Å². The second kappa shape index (κ2) is 9.69. The van der Waals surface area contributed by atoms with Crippen LogP contribution in [-0.4, -0.2) is 42.4 Å². The molecule has 0 unspecified atom stereocenters. The van der Waals surface area contributed by atoms with E-state index in [1.165, 1.54) is 0 Å². The lowest BCUT2D eigenvalue weighted by atomic mass is 10.2. The van der Waals surface area contributed by atoms with E-state index < -0.39 is 6.04 Å². The summed E-state index contributed by atoms with van der Waals surface area (Å²) < 4.78 is 10.6. The van der Waals surface area contributed by atoms with Crippen molar-refractivity contribution in [1.29, 1.82) is 0 Å². The summed E-state index contributed by atoms with van der Waals surface area (Å²) in [6.45, 7) is 4.30. The molecule has 6 nitrogen and oxygen atoms in total. The maximum absolute atomic E-state index is 13.2. The van der Waals surface area contributed by atoms with Gasteiger partial charge in [0.2, 0.25) is 0 Å². The molecule has 1 heterocycles. The molecule has 1 fully saturated rings. The Bertz CT molecular complexity index is 826. The van der Waals surface area contributed by atoms with Crippen LogP contribution in [0.3, 0.4) is 0 Å². The number of benzene rings is 2. The first-order valence-electron chi connectivity index (χ1n) is 9.56. The molecular weight excluding hydrogens is 388 g/mol. The number of thioether (sulfide) groups is 1. The SMILES string of the molecule is COc1ccc(NC(=O)N2[C@@H](C(=O)OCC(C)C)CS[C@@H]2c2ccccc2)cc1. The van der Waals surface area contributed by atoms with E-state index in [1.807, 2.05) is 44.2 Å². The van der Waals surface area contributed by atoms with E-state index in [0.717, 1.165) is 5.56 Å². The lowest BCUT2D eigenvalue weighted by Gasteiger charge is -2.29. The quantitative estimate of drug-likeness (QED) is 0.703. The summed E-state index contributed by atoms with van der Waals surface area (Å²) in [6, 6.07) is 15.8. The maximum atomic E-state index is 13.2. The van der Waals surface area contributed by atoms with Gasteiger partial charge in [0.25, 0.3) is 0 Å². The van der Waals surface area contributed by atoms with E-state index in [1.54, 1.807) is 48.0 Å². The molecule has 2 atom stereocenters. The number of urea groups is 1. The molecule has 2 amide bonds. The summed E-state index contributed by atoms with van der Waals surface area (Å²) in [5.41, 5.74) is 1.61. The van der Waals surface area contributed by atoms with Crippen molar-refractivity contribution in [1.82, 2.24) is 4.90 Å². The summed E-state index contributed by atoms with van der Waals surface area (Å²) in [5.74, 6) is 1.07. The number of nitrogens with one attached hydrogen (secondary N) is 1. The average molecular weight is 415 g/mol. The zero-order chi connectivity index (χ0) is 20.8. The van der Waals surface area contributed by atoms with Gasteiger partial charge in [-0.1, -0.05) is 44.2 Å². The Morgan fingerprint density at radius 2 is 1.83 bits per heavy atom. The normalized spacial score (nSPS) is 18.6. The number of methoxy groups -OCH3 is 1. The molecule has 0 saturated carbocycles. The molecule has 7 heteroatoms. The summed E-state index contributed by atoms with van der Waals surface area (Å²) in [4.78, 5) is 27.5. The summed E-state index contributed by atoms with van der Waals surface area (Å²) in [5, 5.41) is 2.64. The van der Waals surface area contributed by atoms with Crippen LogP contribution in [0, 0.1) is 5.92 Å². The van der Waals surface area contributed by atoms with Crippen LogP contribution >= 0.6 is 11.8 Å². The van der Waals surface area contributed by atoms with Crippen LogP contribution < -0.4 is 10.1 Å². The van der Waals surface area contributed by atoms with Crippen LogP contribution in [0.4, 0.5) is 10.5 Å². The Hall–Kier alpha value is -2.67. The molecule has 0 aliphatic carbocycles. The second-order valence-electron chi connectivity index (χ2n) is 7.20. The first-order chi connectivity index (χ1) is 14.0. The highest BCUT2D eigenvalue weighted by atomic mass is 32.2. The Kier molecular flexibility index (Phi) is 7.04. The zero-order valence-electron chi connectivity index (χ0n) is 16.8. The van der Waals surface area contributed by atoms with Crippen LogP contribution in [0.25, 0.3) is 0 Å². The summed E-state index contributed by atoms with van der Waals surface area (Å²) in [7, 11) is 1.59. The number of anilines is 1. The minimum Gasteiger partial charge on any atom is -0.497 e. The molecule has 154 valence electrons. The van der Waals surface area contributed by atoms with Crippen molar-refractivity contribution in [2.45, 2.75) is 25.3 Å². The van der Waals surface area contributed by atoms with Crippen molar-refractivity contribution >= 4 is 29.4 Å². The van der Waals surface area contributed by atoms with Gasteiger partial charge in [0.15, 0.2) is 0 Å². The largest absolute Gasteiger partial charge is 0.497 e. The van der Waals surface area contributed by atoms with E-state index in [4.69, 9.17) is 9.47 Å². The topological polar surface area (TPSA) is 67.9 Å². The molecule has 1 aliphatic heterocycles. The molecule has 1 saturated heterocycles. The molecule has 0 spiro atoms. The van der Waals surface area contributed by atoms with Crippen molar-refractivity contribution in [3.8, 4) is 5.75 Å². The van der Waals surface area contributed by atoms with Gasteiger partial charge in [0.1, 0.15) is 17.2 Å². The molecule has 2 aromatic carbocycles. The van der Waals surface area contributed by atoms with Crippen LogP contribution in [-0.2, 0) is 9.53 Å². The lowest BCUT2D eigenvalue weighted by Crippen LogP contribution is -2.46. The minimum atomic E-state index is -0.637. The second-order valence-corrected chi connectivity index (χ2v) is 8.32. The van der Waals surface area contributed by atoms with Crippen LogP contribution in [0.5, 0.6) is 5.75 Å². The predicted molar refractivity (Wildman–Crippen MR) is 115 cm³/mol. The van der Waals surface area contributed by atoms with Gasteiger partial charge in [0, 0.05) is 11.4 Å². The number of carbonyl (C=O) groups is 2. The van der Waals surface area contributed by atoms with Crippen LogP contribution in [0.1, 0.15) is 24.8 Å². The van der Waals surface area contributed by atoms with Crippen molar-refractivity contribution in [3.05, 3.63) is 60.2 Å². The third kappa shape index (κ3) is 5.23. The molecule has 0 radical (unpaired) electrons. The molecule has 0 aromatic heterocycles. The highest BCUT2D eigenvalue weighted by Crippen LogP contribution is 2.42. The van der Waals surface area contributed by atoms with Gasteiger partial charge in [0.05, 0.1) is 13.7 Å². The van der Waals surface area contributed by atoms with E-state index in [0.29, 0.717) is 23.8 Å². The van der Waals surface area contributed by atoms with Crippen molar-refractivity contribution in [2.75, 3.05) is 24.8 Å². The highest BCUT2D eigenvalue weighted by molar-refractivity contribution is 7.99. The van der Waals surface area contributed by atoms with Crippen LogP contribution in [0.2, 0.25) is 0 Å². The Balaban J connectivity index is 1.81. The first kappa shape index (κ1) is 21.0. The summed E-state index contributed by atoms with van der Waals surface area (Å²) in [6.07, 6.45) is 0. The number of nitrogens with zero attached hydrogens (tertiary/aromatic N) is 1. The van der Waals surface area contributed by atoms with E-state index in [9.17, 15) is 9.59 Å². The Labute approximate surface area is 175 Å². The lowest BCUT2D eigenvalue weighted by molar-refractivity contribution is -0.149. The first-order valence-corrected chi connectivity index (χ1v) is 10.6. The molecular formula is C22H26N2O4S. The van der Waals surface area contributed by atoms with Crippen molar-refractivity contribution < 1.29 is 19.1 Å².